The molecule has 2 aromatic carbocycles. The van der Waals surface area contributed by atoms with Crippen LogP contribution in [0, 0.1) is 5.41 Å². The average molecular weight is 453 g/mol. The van der Waals surface area contributed by atoms with E-state index in [1.807, 2.05) is 6.26 Å². The monoisotopic (exact) mass is 452 g/mol. The van der Waals surface area contributed by atoms with Crippen LogP contribution in [-0.2, 0) is 14.3 Å². The minimum atomic E-state index is -1.30. The highest BCUT2D eigenvalue weighted by Gasteiger charge is 2.16. The first-order valence-electron chi connectivity index (χ1n) is 8.74. The Bertz CT molecular complexity index is 893. The summed E-state index contributed by atoms with van der Waals surface area (Å²) in [4.78, 5) is 23.9. The van der Waals surface area contributed by atoms with Crippen molar-refractivity contribution >= 4 is 47.6 Å². The van der Waals surface area contributed by atoms with Gasteiger partial charge in [0.2, 0.25) is 0 Å². The molecule has 0 bridgehead atoms. The van der Waals surface area contributed by atoms with Gasteiger partial charge in [-0.25, -0.2) is 4.79 Å². The maximum absolute atomic E-state index is 11.7. The molecule has 30 heavy (non-hydrogen) atoms. The number of carbonyl (C=O) groups excluding carboxylic acids is 2. The zero-order valence-electron chi connectivity index (χ0n) is 16.5. The number of thioether (sulfide) groups is 1. The van der Waals surface area contributed by atoms with Gasteiger partial charge in [-0.1, -0.05) is 6.07 Å². The summed E-state index contributed by atoms with van der Waals surface area (Å²) >= 11 is 1.36. The molecule has 0 aliphatic rings. The largest absolute Gasteiger partial charge is 0.548 e. The first-order valence-corrected chi connectivity index (χ1v) is 9.96. The fraction of sp³-hybridized carbons (Fsp3) is 0.250. The number of anilines is 1. The molecule has 0 amide bonds. The third-order valence-electron chi connectivity index (χ3n) is 3.91. The van der Waals surface area contributed by atoms with Crippen molar-refractivity contribution in [3.05, 3.63) is 53.6 Å². The summed E-state index contributed by atoms with van der Waals surface area (Å²) in [6.45, 7) is 1.75. The summed E-state index contributed by atoms with van der Waals surface area (Å²) in [5.41, 5.74) is 6.97. The smallest absolute Gasteiger partial charge is 0.344 e. The van der Waals surface area contributed by atoms with Crippen molar-refractivity contribution in [3.63, 3.8) is 0 Å². The molecule has 2 rings (SSSR count). The fourth-order valence-corrected chi connectivity index (χ4v) is 3.10. The van der Waals surface area contributed by atoms with Gasteiger partial charge in [0.25, 0.3) is 0 Å². The van der Waals surface area contributed by atoms with Gasteiger partial charge in [0, 0.05) is 16.1 Å². The van der Waals surface area contributed by atoms with Gasteiger partial charge in [-0.2, -0.15) is 0 Å². The number of rotatable bonds is 10. The summed E-state index contributed by atoms with van der Waals surface area (Å²) in [6.07, 6.45) is 1.82. The number of nitrogen functional groups attached to an aromatic ring is 1. The molecular weight excluding hydrogens is 430 g/mol. The first-order chi connectivity index (χ1) is 13.8. The van der Waals surface area contributed by atoms with E-state index in [1.165, 1.54) is 11.8 Å². The lowest BCUT2D eigenvalue weighted by molar-refractivity contribution is -0.307. The topological polar surface area (TPSA) is 138 Å². The van der Waals surface area contributed by atoms with Gasteiger partial charge in [-0.3, -0.25) is 5.41 Å². The maximum atomic E-state index is 11.7. The average Bonchev–Trinajstić information content (AvgIpc) is 2.70. The molecule has 0 saturated heterocycles. The van der Waals surface area contributed by atoms with E-state index >= 15 is 0 Å². The molecule has 0 saturated carbocycles. The third-order valence-corrected chi connectivity index (χ3v) is 4.67. The van der Waals surface area contributed by atoms with E-state index in [-0.39, 0.29) is 31.5 Å². The Kier molecular flexibility index (Phi) is 10.00. The SMILES string of the molecule is CCOC(=O)COc1ccc(C(Nc2ccc(C(=N)N)cc2)C(=O)[O-])cc1SC.Cl. The first kappa shape index (κ1) is 25.1. The minimum absolute atomic E-state index is 0. The summed E-state index contributed by atoms with van der Waals surface area (Å²) in [5, 5.41) is 22.0. The quantitative estimate of drug-likeness (QED) is 0.215. The number of ether oxygens (including phenoxy) is 2. The maximum Gasteiger partial charge on any atom is 0.344 e. The van der Waals surface area contributed by atoms with Crippen molar-refractivity contribution in [2.24, 2.45) is 5.73 Å². The highest BCUT2D eigenvalue weighted by molar-refractivity contribution is 7.98. The van der Waals surface area contributed by atoms with Crippen LogP contribution in [0.25, 0.3) is 0 Å². The molecule has 0 aliphatic heterocycles. The van der Waals surface area contributed by atoms with Crippen molar-refractivity contribution < 1.29 is 24.2 Å². The highest BCUT2D eigenvalue weighted by atomic mass is 35.5. The molecule has 1 unspecified atom stereocenters. The number of carbonyl (C=O) groups is 2. The highest BCUT2D eigenvalue weighted by Crippen LogP contribution is 2.32. The van der Waals surface area contributed by atoms with Crippen LogP contribution in [0.2, 0.25) is 0 Å². The lowest BCUT2D eigenvalue weighted by Crippen LogP contribution is -2.34. The Morgan fingerprint density at radius 1 is 1.23 bits per heavy atom. The molecule has 8 nitrogen and oxygen atoms in total. The number of nitrogens with one attached hydrogen (secondary N) is 2. The summed E-state index contributed by atoms with van der Waals surface area (Å²) < 4.78 is 10.3. The number of carboxylic acid groups (broad SMARTS) is 1. The van der Waals surface area contributed by atoms with Crippen LogP contribution < -0.4 is 20.9 Å². The second-order valence-corrected chi connectivity index (χ2v) is 6.74. The number of aliphatic carboxylic acids is 1. The van der Waals surface area contributed by atoms with Gasteiger partial charge >= 0.3 is 5.97 Å². The Labute approximate surface area is 185 Å². The van der Waals surface area contributed by atoms with Gasteiger partial charge in [0.1, 0.15) is 11.6 Å². The Morgan fingerprint density at radius 3 is 2.43 bits per heavy atom. The second-order valence-electron chi connectivity index (χ2n) is 5.89. The molecule has 0 aliphatic carbocycles. The van der Waals surface area contributed by atoms with E-state index in [2.05, 4.69) is 5.32 Å². The van der Waals surface area contributed by atoms with Gasteiger partial charge in [-0.05, 0) is 55.1 Å². The van der Waals surface area contributed by atoms with Crippen LogP contribution in [0.4, 0.5) is 5.69 Å². The van der Waals surface area contributed by atoms with E-state index in [0.717, 1.165) is 0 Å². The van der Waals surface area contributed by atoms with E-state index < -0.39 is 18.0 Å². The number of hydrogen-bond donors (Lipinski definition) is 3. The van der Waals surface area contributed by atoms with Crippen LogP contribution in [0.5, 0.6) is 5.75 Å². The molecule has 10 heteroatoms. The zero-order valence-corrected chi connectivity index (χ0v) is 18.1. The molecule has 0 heterocycles. The molecule has 1 atom stereocenters. The van der Waals surface area contributed by atoms with Crippen molar-refractivity contribution in [2.45, 2.75) is 17.9 Å². The summed E-state index contributed by atoms with van der Waals surface area (Å²) in [5.74, 6) is -1.40. The third kappa shape index (κ3) is 6.85. The Hall–Kier alpha value is -2.91. The molecule has 162 valence electrons. The number of nitrogens with two attached hydrogens (primary N) is 1. The minimum Gasteiger partial charge on any atom is -0.548 e. The molecule has 0 radical (unpaired) electrons. The molecule has 0 spiro atoms. The van der Waals surface area contributed by atoms with Gasteiger partial charge in [0.15, 0.2) is 6.61 Å². The fourth-order valence-electron chi connectivity index (χ4n) is 2.51. The van der Waals surface area contributed by atoms with Crippen molar-refractivity contribution in [1.82, 2.24) is 0 Å². The van der Waals surface area contributed by atoms with Crippen LogP contribution >= 0.6 is 24.2 Å². The zero-order chi connectivity index (χ0) is 21.4. The molecule has 2 aromatic rings. The predicted molar refractivity (Wildman–Crippen MR) is 116 cm³/mol. The van der Waals surface area contributed by atoms with Gasteiger partial charge in [-0.15, -0.1) is 24.2 Å². The Balaban J connectivity index is 0.00000450. The van der Waals surface area contributed by atoms with Crippen molar-refractivity contribution in [1.29, 1.82) is 5.41 Å². The van der Waals surface area contributed by atoms with Crippen LogP contribution in [0.15, 0.2) is 47.4 Å². The standard InChI is InChI=1S/C20H23N3O5S.ClH/c1-3-27-17(24)11-28-15-9-6-13(10-16(15)29-2)18(20(25)26)23-14-7-4-12(5-8-14)19(21)22;/h4-10,18,23H,3,11H2,1-2H3,(H3,21,22)(H,25,26);1H/p-1. The van der Waals surface area contributed by atoms with E-state index in [0.29, 0.717) is 27.5 Å². The number of benzene rings is 2. The van der Waals surface area contributed by atoms with Crippen molar-refractivity contribution in [2.75, 3.05) is 24.8 Å². The normalized spacial score (nSPS) is 11.0. The van der Waals surface area contributed by atoms with Crippen molar-refractivity contribution in [3.8, 4) is 5.75 Å². The number of hydrogen-bond acceptors (Lipinski definition) is 8. The molecule has 0 aromatic heterocycles. The number of esters is 1. The lowest BCUT2D eigenvalue weighted by atomic mass is 10.1. The number of halogens is 1. The number of amidine groups is 1. The summed E-state index contributed by atoms with van der Waals surface area (Å²) in [7, 11) is 0. The number of carboxylic acids is 1. The van der Waals surface area contributed by atoms with Gasteiger partial charge < -0.3 is 30.4 Å². The lowest BCUT2D eigenvalue weighted by Gasteiger charge is -2.22. The van der Waals surface area contributed by atoms with Gasteiger partial charge in [0.05, 0.1) is 18.6 Å². The summed E-state index contributed by atoms with van der Waals surface area (Å²) in [6, 6.07) is 10.3. The van der Waals surface area contributed by atoms with E-state index in [4.69, 9.17) is 20.6 Å². The second kappa shape index (κ2) is 11.9. The molecule has 4 N–H and O–H groups in total. The molecular formula is C20H23ClN3O5S-. The van der Waals surface area contributed by atoms with E-state index in [1.54, 1.807) is 49.4 Å². The molecule has 0 fully saturated rings. The van der Waals surface area contributed by atoms with Crippen LogP contribution in [0.3, 0.4) is 0 Å². The van der Waals surface area contributed by atoms with Crippen LogP contribution in [0.1, 0.15) is 24.1 Å². The van der Waals surface area contributed by atoms with Crippen LogP contribution in [-0.4, -0.2) is 37.2 Å². The predicted octanol–water partition coefficient (Wildman–Crippen LogP) is 1.96. The Morgan fingerprint density at radius 2 is 1.90 bits per heavy atom. The van der Waals surface area contributed by atoms with E-state index in [9.17, 15) is 14.7 Å².